The van der Waals surface area contributed by atoms with E-state index in [1.807, 2.05) is 17.5 Å². The number of unbranched alkanes of at least 4 members (excludes halogenated alkanes) is 1. The van der Waals surface area contributed by atoms with Crippen LogP contribution in [-0.4, -0.2) is 16.5 Å². The molecule has 0 radical (unpaired) electrons. The summed E-state index contributed by atoms with van der Waals surface area (Å²) < 4.78 is 0. The highest BCUT2D eigenvalue weighted by molar-refractivity contribution is 7.14. The Balaban J connectivity index is 2.18. The number of aromatic nitrogens is 2. The van der Waals surface area contributed by atoms with E-state index in [0.29, 0.717) is 11.5 Å². The van der Waals surface area contributed by atoms with Gasteiger partial charge in [0, 0.05) is 17.6 Å². The molecule has 0 aliphatic heterocycles. The molecular weight excluding hydrogens is 270 g/mol. The number of rotatable bonds is 6. The van der Waals surface area contributed by atoms with Crippen molar-refractivity contribution in [2.75, 3.05) is 11.9 Å². The quantitative estimate of drug-likeness (QED) is 0.795. The van der Waals surface area contributed by atoms with Gasteiger partial charge in [-0.3, -0.25) is 4.79 Å². The molecule has 0 spiro atoms. The Kier molecular flexibility index (Phi) is 4.95. The van der Waals surface area contributed by atoms with Gasteiger partial charge >= 0.3 is 0 Å². The van der Waals surface area contributed by atoms with Gasteiger partial charge in [0.05, 0.1) is 11.3 Å². The second-order valence-electron chi connectivity index (χ2n) is 5.13. The minimum Gasteiger partial charge on any atom is -0.362 e. The topological polar surface area (TPSA) is 57.8 Å². The Morgan fingerprint density at radius 3 is 2.85 bits per heavy atom. The van der Waals surface area contributed by atoms with Crippen LogP contribution in [0.5, 0.6) is 0 Å². The van der Waals surface area contributed by atoms with Gasteiger partial charge in [-0.25, -0.2) is 4.98 Å². The third kappa shape index (κ3) is 3.48. The molecule has 5 heteroatoms. The number of hydrogen-bond acceptors (Lipinski definition) is 4. The standard InChI is InChI=1S/C15H21N3OS/c1-4-5-8-16-15-18-13(9-20-15)11-6-7-12(10(2)3)17-14(11)19/h6-7,9-10H,4-5,8H2,1-3H3,(H,16,18)(H,17,19). The number of hydrogen-bond donors (Lipinski definition) is 2. The maximum Gasteiger partial charge on any atom is 0.257 e. The van der Waals surface area contributed by atoms with Gasteiger partial charge in [0.25, 0.3) is 5.56 Å². The summed E-state index contributed by atoms with van der Waals surface area (Å²) in [4.78, 5) is 19.5. The summed E-state index contributed by atoms with van der Waals surface area (Å²) in [6.45, 7) is 7.20. The van der Waals surface area contributed by atoms with Crippen LogP contribution < -0.4 is 10.9 Å². The van der Waals surface area contributed by atoms with Crippen molar-refractivity contribution in [3.05, 3.63) is 33.6 Å². The first-order valence-corrected chi connectivity index (χ1v) is 7.92. The average molecular weight is 291 g/mol. The lowest BCUT2D eigenvalue weighted by molar-refractivity contribution is 0.816. The maximum absolute atomic E-state index is 12.1. The predicted octanol–water partition coefficient (Wildman–Crippen LogP) is 3.83. The highest BCUT2D eigenvalue weighted by Gasteiger charge is 2.09. The van der Waals surface area contributed by atoms with Gasteiger partial charge < -0.3 is 10.3 Å². The van der Waals surface area contributed by atoms with Crippen molar-refractivity contribution in [2.24, 2.45) is 0 Å². The van der Waals surface area contributed by atoms with Crippen molar-refractivity contribution in [3.8, 4) is 11.3 Å². The molecule has 2 aromatic rings. The summed E-state index contributed by atoms with van der Waals surface area (Å²) in [5.41, 5.74) is 2.26. The third-order valence-corrected chi connectivity index (χ3v) is 3.94. The molecule has 0 saturated heterocycles. The van der Waals surface area contributed by atoms with E-state index in [1.165, 1.54) is 11.3 Å². The average Bonchev–Trinajstić information content (AvgIpc) is 2.87. The number of nitrogens with zero attached hydrogens (tertiary/aromatic N) is 1. The smallest absolute Gasteiger partial charge is 0.257 e. The van der Waals surface area contributed by atoms with Crippen LogP contribution in [0, 0.1) is 0 Å². The van der Waals surface area contributed by atoms with Crippen LogP contribution in [0.15, 0.2) is 22.3 Å². The van der Waals surface area contributed by atoms with Gasteiger partial charge in [-0.2, -0.15) is 0 Å². The molecule has 0 aliphatic carbocycles. The first-order valence-electron chi connectivity index (χ1n) is 7.04. The van der Waals surface area contributed by atoms with Gasteiger partial charge in [0.1, 0.15) is 0 Å². The monoisotopic (exact) mass is 291 g/mol. The molecule has 0 bridgehead atoms. The van der Waals surface area contributed by atoms with Crippen LogP contribution in [0.1, 0.15) is 45.2 Å². The molecule has 0 aliphatic rings. The van der Waals surface area contributed by atoms with E-state index >= 15 is 0 Å². The summed E-state index contributed by atoms with van der Waals surface area (Å²) >= 11 is 1.54. The van der Waals surface area contributed by atoms with Gasteiger partial charge in [-0.15, -0.1) is 11.3 Å². The molecule has 108 valence electrons. The first-order chi connectivity index (χ1) is 9.61. The van der Waals surface area contributed by atoms with Crippen molar-refractivity contribution in [1.82, 2.24) is 9.97 Å². The van der Waals surface area contributed by atoms with Crippen LogP contribution in [0.4, 0.5) is 5.13 Å². The van der Waals surface area contributed by atoms with Crippen LogP contribution in [0.3, 0.4) is 0 Å². The van der Waals surface area contributed by atoms with Gasteiger partial charge in [-0.1, -0.05) is 27.2 Å². The highest BCUT2D eigenvalue weighted by atomic mass is 32.1. The molecule has 0 saturated carbocycles. The Labute approximate surface area is 123 Å². The number of aromatic amines is 1. The summed E-state index contributed by atoms with van der Waals surface area (Å²) in [5, 5.41) is 6.08. The first kappa shape index (κ1) is 14.8. The van der Waals surface area contributed by atoms with E-state index < -0.39 is 0 Å². The summed E-state index contributed by atoms with van der Waals surface area (Å²) in [6.07, 6.45) is 2.28. The largest absolute Gasteiger partial charge is 0.362 e. The molecular formula is C15H21N3OS. The molecule has 20 heavy (non-hydrogen) atoms. The van der Waals surface area contributed by atoms with Gasteiger partial charge in [0.2, 0.25) is 0 Å². The SMILES string of the molecule is CCCCNc1nc(-c2ccc(C(C)C)[nH]c2=O)cs1. The zero-order chi connectivity index (χ0) is 14.5. The molecule has 0 amide bonds. The molecule has 0 atom stereocenters. The second-order valence-corrected chi connectivity index (χ2v) is 5.99. The molecule has 0 aromatic carbocycles. The minimum absolute atomic E-state index is 0.0680. The van der Waals surface area contributed by atoms with Crippen molar-refractivity contribution >= 4 is 16.5 Å². The van der Waals surface area contributed by atoms with Crippen LogP contribution in [-0.2, 0) is 0 Å². The molecule has 2 N–H and O–H groups in total. The van der Waals surface area contributed by atoms with Crippen LogP contribution >= 0.6 is 11.3 Å². The Morgan fingerprint density at radius 2 is 2.20 bits per heavy atom. The second kappa shape index (κ2) is 6.70. The predicted molar refractivity (Wildman–Crippen MR) is 85.7 cm³/mol. The number of anilines is 1. The fourth-order valence-corrected chi connectivity index (χ4v) is 2.62. The maximum atomic E-state index is 12.1. The number of thiazole rings is 1. The summed E-state index contributed by atoms with van der Waals surface area (Å²) in [6, 6.07) is 3.82. The van der Waals surface area contributed by atoms with E-state index in [2.05, 4.69) is 36.1 Å². The van der Waals surface area contributed by atoms with Gasteiger partial charge in [-0.05, 0) is 24.5 Å². The molecule has 2 aromatic heterocycles. The normalized spacial score (nSPS) is 11.0. The van der Waals surface area contributed by atoms with Gasteiger partial charge in [0.15, 0.2) is 5.13 Å². The fourth-order valence-electron chi connectivity index (χ4n) is 1.88. The van der Waals surface area contributed by atoms with Crippen LogP contribution in [0.2, 0.25) is 0 Å². The Morgan fingerprint density at radius 1 is 1.40 bits per heavy atom. The van der Waals surface area contributed by atoms with Crippen LogP contribution in [0.25, 0.3) is 11.3 Å². The number of pyridine rings is 1. The lowest BCUT2D eigenvalue weighted by Crippen LogP contribution is -2.12. The molecule has 0 fully saturated rings. The highest BCUT2D eigenvalue weighted by Crippen LogP contribution is 2.23. The Bertz CT molecular complexity index is 616. The molecule has 0 unspecified atom stereocenters. The van der Waals surface area contributed by atoms with Crippen molar-refractivity contribution in [2.45, 2.75) is 39.5 Å². The molecule has 2 rings (SSSR count). The van der Waals surface area contributed by atoms with Crippen molar-refractivity contribution in [1.29, 1.82) is 0 Å². The zero-order valence-electron chi connectivity index (χ0n) is 12.2. The third-order valence-electron chi connectivity index (χ3n) is 3.14. The number of nitrogens with one attached hydrogen (secondary N) is 2. The summed E-state index contributed by atoms with van der Waals surface area (Å²) in [7, 11) is 0. The fraction of sp³-hybridized carbons (Fsp3) is 0.467. The van der Waals surface area contributed by atoms with E-state index in [-0.39, 0.29) is 5.56 Å². The lowest BCUT2D eigenvalue weighted by Gasteiger charge is -2.05. The molecule has 4 nitrogen and oxygen atoms in total. The zero-order valence-corrected chi connectivity index (χ0v) is 13.0. The van der Waals surface area contributed by atoms with E-state index in [9.17, 15) is 4.79 Å². The lowest BCUT2D eigenvalue weighted by atomic mass is 10.1. The van der Waals surface area contributed by atoms with Crippen molar-refractivity contribution < 1.29 is 0 Å². The van der Waals surface area contributed by atoms with E-state index in [0.717, 1.165) is 35.9 Å². The summed E-state index contributed by atoms with van der Waals surface area (Å²) in [5.74, 6) is 0.318. The minimum atomic E-state index is -0.0680. The van der Waals surface area contributed by atoms with E-state index in [1.54, 1.807) is 0 Å². The Hall–Kier alpha value is -1.62. The van der Waals surface area contributed by atoms with E-state index in [4.69, 9.17) is 0 Å². The van der Waals surface area contributed by atoms with Crippen molar-refractivity contribution in [3.63, 3.8) is 0 Å². The molecule has 2 heterocycles. The number of H-pyrrole nitrogens is 1.